The zero-order chi connectivity index (χ0) is 22.0. The summed E-state index contributed by atoms with van der Waals surface area (Å²) in [4.78, 5) is 32.3. The maximum absolute atomic E-state index is 13.3. The van der Waals surface area contributed by atoms with E-state index in [4.69, 9.17) is 0 Å². The van der Waals surface area contributed by atoms with Crippen LogP contribution in [0.5, 0.6) is 0 Å². The van der Waals surface area contributed by atoms with Gasteiger partial charge in [0.25, 0.3) is 5.56 Å². The van der Waals surface area contributed by atoms with Crippen molar-refractivity contribution in [3.8, 4) is 11.1 Å². The minimum absolute atomic E-state index is 0.0622. The van der Waals surface area contributed by atoms with E-state index in [9.17, 15) is 9.59 Å². The van der Waals surface area contributed by atoms with Crippen LogP contribution in [-0.4, -0.2) is 15.5 Å². The van der Waals surface area contributed by atoms with Gasteiger partial charge in [0, 0.05) is 10.4 Å². The number of thiophene rings is 1. The molecule has 0 aliphatic carbocycles. The molecular formula is C25H25N3O2S. The summed E-state index contributed by atoms with van der Waals surface area (Å²) in [6, 6.07) is 17.9. The Morgan fingerprint density at radius 2 is 1.81 bits per heavy atom. The van der Waals surface area contributed by atoms with Crippen LogP contribution >= 0.6 is 11.3 Å². The van der Waals surface area contributed by atoms with Gasteiger partial charge in [0.15, 0.2) is 0 Å². The van der Waals surface area contributed by atoms with Crippen molar-refractivity contribution < 1.29 is 4.79 Å². The maximum Gasteiger partial charge on any atom is 0.263 e. The summed E-state index contributed by atoms with van der Waals surface area (Å²) in [6.07, 6.45) is 2.24. The SMILES string of the molecule is CC[C@H](NC(=O)Cn1cnc2sc(C)c(-c3ccccc3)c2c1=O)c1ccc(C)cc1. The maximum atomic E-state index is 13.3. The molecule has 0 aliphatic rings. The Morgan fingerprint density at radius 1 is 1.10 bits per heavy atom. The van der Waals surface area contributed by atoms with E-state index in [1.54, 1.807) is 0 Å². The molecule has 6 heteroatoms. The summed E-state index contributed by atoms with van der Waals surface area (Å²) >= 11 is 1.50. The number of carbonyl (C=O) groups is 1. The molecule has 0 aliphatic heterocycles. The lowest BCUT2D eigenvalue weighted by Crippen LogP contribution is -2.34. The van der Waals surface area contributed by atoms with Gasteiger partial charge < -0.3 is 5.32 Å². The number of nitrogens with one attached hydrogen (secondary N) is 1. The first-order valence-electron chi connectivity index (χ1n) is 10.4. The molecule has 2 aromatic carbocycles. The fraction of sp³-hybridized carbons (Fsp3) is 0.240. The number of amides is 1. The predicted octanol–water partition coefficient (Wildman–Crippen LogP) is 5.01. The first-order valence-corrected chi connectivity index (χ1v) is 11.2. The normalized spacial score (nSPS) is 12.1. The largest absolute Gasteiger partial charge is 0.348 e. The summed E-state index contributed by atoms with van der Waals surface area (Å²) in [5, 5.41) is 3.63. The van der Waals surface area contributed by atoms with E-state index in [-0.39, 0.29) is 24.1 Å². The zero-order valence-corrected chi connectivity index (χ0v) is 18.7. The van der Waals surface area contributed by atoms with Crippen molar-refractivity contribution in [2.75, 3.05) is 0 Å². The molecule has 0 saturated carbocycles. The van der Waals surface area contributed by atoms with Crippen LogP contribution in [0.3, 0.4) is 0 Å². The number of fused-ring (bicyclic) bond motifs is 1. The lowest BCUT2D eigenvalue weighted by Gasteiger charge is -2.18. The van der Waals surface area contributed by atoms with Crippen LogP contribution < -0.4 is 10.9 Å². The summed E-state index contributed by atoms with van der Waals surface area (Å²) in [6.45, 7) is 6.01. The number of hydrogen-bond donors (Lipinski definition) is 1. The van der Waals surface area contributed by atoms with Gasteiger partial charge in [-0.15, -0.1) is 11.3 Å². The quantitative estimate of drug-likeness (QED) is 0.467. The van der Waals surface area contributed by atoms with Crippen molar-refractivity contribution in [2.24, 2.45) is 0 Å². The van der Waals surface area contributed by atoms with E-state index < -0.39 is 0 Å². The minimum Gasteiger partial charge on any atom is -0.348 e. The molecule has 4 aromatic rings. The van der Waals surface area contributed by atoms with Gasteiger partial charge in [-0.25, -0.2) is 4.98 Å². The number of carbonyl (C=O) groups excluding carboxylic acids is 1. The fourth-order valence-corrected chi connectivity index (χ4v) is 4.82. The third kappa shape index (κ3) is 4.30. The Labute approximate surface area is 185 Å². The summed E-state index contributed by atoms with van der Waals surface area (Å²) in [5.74, 6) is -0.205. The van der Waals surface area contributed by atoms with Crippen LogP contribution in [0.4, 0.5) is 0 Å². The number of aryl methyl sites for hydroxylation is 2. The smallest absolute Gasteiger partial charge is 0.263 e. The fourth-order valence-electron chi connectivity index (χ4n) is 3.82. The molecule has 0 saturated heterocycles. The van der Waals surface area contributed by atoms with Gasteiger partial charge in [-0.05, 0) is 31.4 Å². The minimum atomic E-state index is -0.205. The number of nitrogens with zero attached hydrogens (tertiary/aromatic N) is 2. The molecule has 31 heavy (non-hydrogen) atoms. The summed E-state index contributed by atoms with van der Waals surface area (Å²) < 4.78 is 1.40. The van der Waals surface area contributed by atoms with E-state index >= 15 is 0 Å². The molecule has 0 unspecified atom stereocenters. The topological polar surface area (TPSA) is 64.0 Å². The number of hydrogen-bond acceptors (Lipinski definition) is 4. The monoisotopic (exact) mass is 431 g/mol. The van der Waals surface area contributed by atoms with E-state index in [2.05, 4.69) is 10.3 Å². The van der Waals surface area contributed by atoms with Gasteiger partial charge >= 0.3 is 0 Å². The van der Waals surface area contributed by atoms with Crippen LogP contribution in [0.15, 0.2) is 65.7 Å². The third-order valence-electron chi connectivity index (χ3n) is 5.45. The average Bonchev–Trinajstić information content (AvgIpc) is 3.12. The first-order chi connectivity index (χ1) is 15.0. The summed E-state index contributed by atoms with van der Waals surface area (Å²) in [5.41, 5.74) is 3.93. The van der Waals surface area contributed by atoms with Gasteiger partial charge in [-0.2, -0.15) is 0 Å². The molecule has 2 heterocycles. The molecular weight excluding hydrogens is 406 g/mol. The molecule has 1 amide bonds. The lowest BCUT2D eigenvalue weighted by molar-refractivity contribution is -0.122. The van der Waals surface area contributed by atoms with Crippen LogP contribution in [-0.2, 0) is 11.3 Å². The highest BCUT2D eigenvalue weighted by Crippen LogP contribution is 2.35. The lowest BCUT2D eigenvalue weighted by atomic mass is 10.0. The average molecular weight is 432 g/mol. The second kappa shape index (κ2) is 8.86. The molecule has 1 N–H and O–H groups in total. The molecule has 4 rings (SSSR count). The van der Waals surface area contributed by atoms with Gasteiger partial charge in [-0.3, -0.25) is 14.2 Å². The van der Waals surface area contributed by atoms with Crippen molar-refractivity contribution in [3.63, 3.8) is 0 Å². The van der Waals surface area contributed by atoms with E-state index in [1.807, 2.05) is 75.4 Å². The Balaban J connectivity index is 1.63. The Hall–Kier alpha value is -3.25. The molecule has 1 atom stereocenters. The summed E-state index contributed by atoms with van der Waals surface area (Å²) in [7, 11) is 0. The Kier molecular flexibility index (Phi) is 6.00. The molecule has 5 nitrogen and oxygen atoms in total. The van der Waals surface area contributed by atoms with Crippen LogP contribution in [0.2, 0.25) is 0 Å². The third-order valence-corrected chi connectivity index (χ3v) is 6.47. The van der Waals surface area contributed by atoms with E-state index in [0.717, 1.165) is 28.0 Å². The van der Waals surface area contributed by atoms with Crippen molar-refractivity contribution in [1.82, 2.24) is 14.9 Å². The van der Waals surface area contributed by atoms with E-state index in [0.29, 0.717) is 10.2 Å². The number of aromatic nitrogens is 2. The van der Waals surface area contributed by atoms with Crippen LogP contribution in [0.1, 0.15) is 35.4 Å². The Morgan fingerprint density at radius 3 is 2.48 bits per heavy atom. The molecule has 0 spiro atoms. The highest BCUT2D eigenvalue weighted by molar-refractivity contribution is 7.19. The van der Waals surface area contributed by atoms with E-state index in [1.165, 1.54) is 27.8 Å². The molecule has 0 radical (unpaired) electrons. The van der Waals surface area contributed by atoms with Gasteiger partial charge in [0.1, 0.15) is 11.4 Å². The number of benzene rings is 2. The Bertz CT molecular complexity index is 1270. The first kappa shape index (κ1) is 21.0. The molecule has 0 fully saturated rings. The molecule has 2 aromatic heterocycles. The standard InChI is InChI=1S/C25H25N3O2S/c1-4-20(18-12-10-16(2)11-13-18)27-21(29)14-28-15-26-24-23(25(28)30)22(17(3)31-24)19-8-6-5-7-9-19/h5-13,15,20H,4,14H2,1-3H3,(H,27,29)/t20-/m0/s1. The van der Waals surface area contributed by atoms with Crippen molar-refractivity contribution in [3.05, 3.63) is 87.3 Å². The van der Waals surface area contributed by atoms with Gasteiger partial charge in [0.2, 0.25) is 5.91 Å². The van der Waals surface area contributed by atoms with Crippen molar-refractivity contribution in [2.45, 2.75) is 39.8 Å². The van der Waals surface area contributed by atoms with Crippen LogP contribution in [0.25, 0.3) is 21.3 Å². The predicted molar refractivity (Wildman–Crippen MR) is 126 cm³/mol. The van der Waals surface area contributed by atoms with Gasteiger partial charge in [-0.1, -0.05) is 67.1 Å². The van der Waals surface area contributed by atoms with Crippen LogP contribution in [0, 0.1) is 13.8 Å². The number of rotatable bonds is 6. The molecule has 158 valence electrons. The highest BCUT2D eigenvalue weighted by Gasteiger charge is 2.19. The second-order valence-electron chi connectivity index (χ2n) is 7.70. The van der Waals surface area contributed by atoms with Crippen molar-refractivity contribution in [1.29, 1.82) is 0 Å². The highest BCUT2D eigenvalue weighted by atomic mass is 32.1. The van der Waals surface area contributed by atoms with Crippen molar-refractivity contribution >= 4 is 27.5 Å². The zero-order valence-electron chi connectivity index (χ0n) is 17.9. The second-order valence-corrected chi connectivity index (χ2v) is 8.90. The van der Waals surface area contributed by atoms with Gasteiger partial charge in [0.05, 0.1) is 17.8 Å². The molecule has 0 bridgehead atoms.